The summed E-state index contributed by atoms with van der Waals surface area (Å²) < 4.78 is 0. The summed E-state index contributed by atoms with van der Waals surface area (Å²) in [5.41, 5.74) is 7.25. The first-order valence-corrected chi connectivity index (χ1v) is 6.46. The van der Waals surface area contributed by atoms with Crippen molar-refractivity contribution in [2.24, 2.45) is 11.1 Å². The Balaban J connectivity index is 2.31. The average Bonchev–Trinajstić information content (AvgIpc) is 2.33. The molecule has 1 amide bonds. The van der Waals surface area contributed by atoms with Gasteiger partial charge in [0.25, 0.3) is 0 Å². The van der Waals surface area contributed by atoms with Gasteiger partial charge >= 0.3 is 0 Å². The van der Waals surface area contributed by atoms with E-state index in [1.807, 2.05) is 30.3 Å². The molecule has 3 nitrogen and oxygen atoms in total. The minimum Gasteiger partial charge on any atom is -0.354 e. The highest BCUT2D eigenvalue weighted by Gasteiger charge is 2.13. The quantitative estimate of drug-likeness (QED) is 0.841. The normalized spacial score (nSPS) is 13.1. The molecule has 1 aromatic carbocycles. The molecule has 1 aromatic rings. The van der Waals surface area contributed by atoms with Crippen LogP contribution in [-0.2, 0) is 4.79 Å². The molecule has 1 atom stereocenters. The summed E-state index contributed by atoms with van der Waals surface area (Å²) in [7, 11) is 0. The van der Waals surface area contributed by atoms with Crippen LogP contribution >= 0.6 is 0 Å². The molecule has 0 aromatic heterocycles. The zero-order valence-electron chi connectivity index (χ0n) is 11.6. The first kappa shape index (κ1) is 14.7. The summed E-state index contributed by atoms with van der Waals surface area (Å²) in [6.45, 7) is 6.90. The van der Waals surface area contributed by atoms with Crippen molar-refractivity contribution >= 4 is 5.91 Å². The molecule has 0 bridgehead atoms. The second kappa shape index (κ2) is 6.55. The van der Waals surface area contributed by atoms with Crippen molar-refractivity contribution in [3.8, 4) is 0 Å². The lowest BCUT2D eigenvalue weighted by Gasteiger charge is -2.18. The van der Waals surface area contributed by atoms with Gasteiger partial charge in [0, 0.05) is 19.0 Å². The molecule has 0 radical (unpaired) electrons. The Hall–Kier alpha value is -1.35. The predicted octanol–water partition coefficient (Wildman–Crippen LogP) is 2.63. The van der Waals surface area contributed by atoms with E-state index in [1.54, 1.807) is 0 Å². The molecule has 0 fully saturated rings. The SMILES string of the molecule is CC(C)(C)CCC(=O)NCC(N)c1ccccc1. The van der Waals surface area contributed by atoms with E-state index in [-0.39, 0.29) is 17.4 Å². The highest BCUT2D eigenvalue weighted by atomic mass is 16.1. The lowest BCUT2D eigenvalue weighted by atomic mass is 9.90. The second-order valence-corrected chi connectivity index (χ2v) is 5.88. The van der Waals surface area contributed by atoms with Crippen LogP contribution in [0.3, 0.4) is 0 Å². The fraction of sp³-hybridized carbons (Fsp3) is 0.533. The molecule has 0 saturated carbocycles. The standard InChI is InChI=1S/C15H24N2O/c1-15(2,3)10-9-14(18)17-11-13(16)12-7-5-4-6-8-12/h4-8,13H,9-11,16H2,1-3H3,(H,17,18). The van der Waals surface area contributed by atoms with E-state index in [2.05, 4.69) is 26.1 Å². The third-order valence-corrected chi connectivity index (χ3v) is 2.85. The molecule has 3 N–H and O–H groups in total. The topological polar surface area (TPSA) is 55.1 Å². The van der Waals surface area contributed by atoms with Crippen LogP contribution in [0.25, 0.3) is 0 Å². The molecule has 0 spiro atoms. The van der Waals surface area contributed by atoms with Gasteiger partial charge in [0.1, 0.15) is 0 Å². The van der Waals surface area contributed by atoms with Crippen molar-refractivity contribution in [2.45, 2.75) is 39.7 Å². The number of nitrogens with one attached hydrogen (secondary N) is 1. The van der Waals surface area contributed by atoms with Gasteiger partial charge in [-0.2, -0.15) is 0 Å². The van der Waals surface area contributed by atoms with Gasteiger partial charge in [-0.25, -0.2) is 0 Å². The third-order valence-electron chi connectivity index (χ3n) is 2.85. The molecule has 1 unspecified atom stereocenters. The summed E-state index contributed by atoms with van der Waals surface area (Å²) in [6.07, 6.45) is 1.45. The molecule has 18 heavy (non-hydrogen) atoms. The molecule has 0 heterocycles. The van der Waals surface area contributed by atoms with Gasteiger partial charge in [0.2, 0.25) is 5.91 Å². The maximum Gasteiger partial charge on any atom is 0.220 e. The smallest absolute Gasteiger partial charge is 0.220 e. The van der Waals surface area contributed by atoms with Gasteiger partial charge in [-0.05, 0) is 17.4 Å². The van der Waals surface area contributed by atoms with E-state index < -0.39 is 0 Å². The number of hydrogen-bond acceptors (Lipinski definition) is 2. The maximum absolute atomic E-state index is 11.7. The Labute approximate surface area is 110 Å². The average molecular weight is 248 g/mol. The summed E-state index contributed by atoms with van der Waals surface area (Å²) in [6, 6.07) is 9.69. The summed E-state index contributed by atoms with van der Waals surface area (Å²) in [5.74, 6) is 0.0799. The van der Waals surface area contributed by atoms with Crippen LogP contribution in [0.1, 0.15) is 45.2 Å². The first-order chi connectivity index (χ1) is 8.38. The number of benzene rings is 1. The van der Waals surface area contributed by atoms with Gasteiger partial charge in [0.05, 0.1) is 0 Å². The fourth-order valence-electron chi connectivity index (χ4n) is 1.62. The van der Waals surface area contributed by atoms with Crippen LogP contribution in [0.15, 0.2) is 30.3 Å². The molecule has 100 valence electrons. The summed E-state index contributed by atoms with van der Waals surface area (Å²) >= 11 is 0. The van der Waals surface area contributed by atoms with Crippen LogP contribution in [0.2, 0.25) is 0 Å². The van der Waals surface area contributed by atoms with E-state index >= 15 is 0 Å². The Morgan fingerprint density at radius 3 is 2.44 bits per heavy atom. The molecule has 0 aliphatic heterocycles. The first-order valence-electron chi connectivity index (χ1n) is 6.46. The highest BCUT2D eigenvalue weighted by molar-refractivity contribution is 5.75. The van der Waals surface area contributed by atoms with Crippen LogP contribution in [0.5, 0.6) is 0 Å². The number of hydrogen-bond donors (Lipinski definition) is 2. The molecule has 0 aliphatic carbocycles. The minimum absolute atomic E-state index is 0.0799. The Kier molecular flexibility index (Phi) is 5.35. The van der Waals surface area contributed by atoms with E-state index in [0.29, 0.717) is 13.0 Å². The molecular formula is C15H24N2O. The van der Waals surface area contributed by atoms with Crippen molar-refractivity contribution in [2.75, 3.05) is 6.54 Å². The van der Waals surface area contributed by atoms with Crippen molar-refractivity contribution < 1.29 is 4.79 Å². The van der Waals surface area contributed by atoms with Gasteiger partial charge < -0.3 is 11.1 Å². The van der Waals surface area contributed by atoms with E-state index in [1.165, 1.54) is 0 Å². The Morgan fingerprint density at radius 2 is 1.89 bits per heavy atom. The van der Waals surface area contributed by atoms with Crippen LogP contribution in [0.4, 0.5) is 0 Å². The van der Waals surface area contributed by atoms with E-state index in [0.717, 1.165) is 12.0 Å². The Bertz CT molecular complexity index is 368. The molecule has 1 rings (SSSR count). The number of amides is 1. The largest absolute Gasteiger partial charge is 0.354 e. The van der Waals surface area contributed by atoms with Gasteiger partial charge in [-0.15, -0.1) is 0 Å². The van der Waals surface area contributed by atoms with Gasteiger partial charge in [-0.1, -0.05) is 51.1 Å². The van der Waals surface area contributed by atoms with Crippen molar-refractivity contribution in [3.63, 3.8) is 0 Å². The lowest BCUT2D eigenvalue weighted by Crippen LogP contribution is -2.32. The maximum atomic E-state index is 11.7. The number of carbonyl (C=O) groups excluding carboxylic acids is 1. The van der Waals surface area contributed by atoms with Gasteiger partial charge in [0.15, 0.2) is 0 Å². The van der Waals surface area contributed by atoms with E-state index in [9.17, 15) is 4.79 Å². The molecule has 0 aliphatic rings. The minimum atomic E-state index is -0.134. The van der Waals surface area contributed by atoms with E-state index in [4.69, 9.17) is 5.73 Å². The second-order valence-electron chi connectivity index (χ2n) is 5.88. The fourth-order valence-corrected chi connectivity index (χ4v) is 1.62. The van der Waals surface area contributed by atoms with Crippen LogP contribution in [-0.4, -0.2) is 12.5 Å². The molecule has 3 heteroatoms. The zero-order valence-corrected chi connectivity index (χ0v) is 11.6. The number of carbonyl (C=O) groups is 1. The highest BCUT2D eigenvalue weighted by Crippen LogP contribution is 2.20. The van der Waals surface area contributed by atoms with Crippen LogP contribution in [0, 0.1) is 5.41 Å². The van der Waals surface area contributed by atoms with Gasteiger partial charge in [-0.3, -0.25) is 4.79 Å². The monoisotopic (exact) mass is 248 g/mol. The zero-order chi connectivity index (χ0) is 13.6. The van der Waals surface area contributed by atoms with Crippen molar-refractivity contribution in [1.82, 2.24) is 5.32 Å². The number of rotatable bonds is 5. The molecular weight excluding hydrogens is 224 g/mol. The van der Waals surface area contributed by atoms with Crippen molar-refractivity contribution in [1.29, 1.82) is 0 Å². The number of nitrogens with two attached hydrogens (primary N) is 1. The molecule has 0 saturated heterocycles. The van der Waals surface area contributed by atoms with Crippen molar-refractivity contribution in [3.05, 3.63) is 35.9 Å². The Morgan fingerprint density at radius 1 is 1.28 bits per heavy atom. The lowest BCUT2D eigenvalue weighted by molar-refractivity contribution is -0.121. The predicted molar refractivity (Wildman–Crippen MR) is 75.1 cm³/mol. The summed E-state index contributed by atoms with van der Waals surface area (Å²) in [5, 5.41) is 2.89. The van der Waals surface area contributed by atoms with Crippen LogP contribution < -0.4 is 11.1 Å². The third kappa shape index (κ3) is 5.82. The summed E-state index contributed by atoms with van der Waals surface area (Å²) in [4.78, 5) is 11.7.